The number of nitrogens with zero attached hydrogens (tertiary/aromatic N) is 2. The maximum Gasteiger partial charge on any atom is 0.270 e. The van der Waals surface area contributed by atoms with E-state index >= 15 is 0 Å². The maximum absolute atomic E-state index is 13.1. The Morgan fingerprint density at radius 2 is 1.79 bits per heavy atom. The molecule has 8 nitrogen and oxygen atoms in total. The normalized spacial score (nSPS) is 16.5. The van der Waals surface area contributed by atoms with E-state index in [1.54, 1.807) is 6.92 Å². The lowest BCUT2D eigenvalue weighted by Crippen LogP contribution is -2.44. The average Bonchev–Trinajstić information content (AvgIpc) is 2.79. The largest absolute Gasteiger partial charge is 0.349 e. The van der Waals surface area contributed by atoms with Crippen molar-refractivity contribution in [2.24, 2.45) is 11.8 Å². The minimum Gasteiger partial charge on any atom is -0.349 e. The summed E-state index contributed by atoms with van der Waals surface area (Å²) in [7, 11) is -3.88. The lowest BCUT2D eigenvalue weighted by atomic mass is 9.93. The molecule has 0 spiro atoms. The molecule has 2 aromatic rings. The fourth-order valence-electron chi connectivity index (χ4n) is 4.20. The van der Waals surface area contributed by atoms with E-state index in [9.17, 15) is 23.3 Å². The van der Waals surface area contributed by atoms with Gasteiger partial charge in [0.25, 0.3) is 5.69 Å². The quantitative estimate of drug-likeness (QED) is 0.456. The number of piperidine rings is 1. The number of hydrogen-bond donors (Lipinski definition) is 1. The van der Waals surface area contributed by atoms with Crippen molar-refractivity contribution in [2.45, 2.75) is 51.0 Å². The number of benzene rings is 2. The van der Waals surface area contributed by atoms with Gasteiger partial charge >= 0.3 is 0 Å². The third-order valence-corrected chi connectivity index (χ3v) is 8.09. The van der Waals surface area contributed by atoms with Crippen LogP contribution in [0.15, 0.2) is 53.4 Å². The van der Waals surface area contributed by atoms with Gasteiger partial charge in [-0.25, -0.2) is 8.42 Å². The van der Waals surface area contributed by atoms with E-state index < -0.39 is 14.9 Å². The molecule has 1 N–H and O–H groups in total. The van der Waals surface area contributed by atoms with E-state index in [-0.39, 0.29) is 41.5 Å². The maximum atomic E-state index is 13.1. The molecule has 1 aliphatic rings. The van der Waals surface area contributed by atoms with E-state index in [1.807, 2.05) is 30.3 Å². The fourth-order valence-corrected chi connectivity index (χ4v) is 5.92. The van der Waals surface area contributed by atoms with Crippen molar-refractivity contribution < 1.29 is 18.1 Å². The molecule has 33 heavy (non-hydrogen) atoms. The summed E-state index contributed by atoms with van der Waals surface area (Å²) in [5.41, 5.74) is 1.26. The van der Waals surface area contributed by atoms with E-state index in [4.69, 9.17) is 0 Å². The lowest BCUT2D eigenvalue weighted by molar-refractivity contribution is -0.385. The summed E-state index contributed by atoms with van der Waals surface area (Å²) < 4.78 is 27.6. The van der Waals surface area contributed by atoms with Gasteiger partial charge in [-0.2, -0.15) is 4.31 Å². The summed E-state index contributed by atoms with van der Waals surface area (Å²) >= 11 is 0. The van der Waals surface area contributed by atoms with Gasteiger partial charge in [-0.15, -0.1) is 0 Å². The van der Waals surface area contributed by atoms with Crippen LogP contribution in [-0.2, 0) is 14.8 Å². The highest BCUT2D eigenvalue weighted by atomic mass is 32.2. The van der Waals surface area contributed by atoms with Crippen molar-refractivity contribution in [3.8, 4) is 0 Å². The van der Waals surface area contributed by atoms with Crippen LogP contribution in [-0.4, -0.2) is 36.6 Å². The molecule has 1 fully saturated rings. The molecule has 9 heteroatoms. The third-order valence-electron chi connectivity index (χ3n) is 6.05. The number of hydrogen-bond acceptors (Lipinski definition) is 5. The van der Waals surface area contributed by atoms with Gasteiger partial charge in [0.1, 0.15) is 0 Å². The number of nitro groups is 1. The van der Waals surface area contributed by atoms with Crippen molar-refractivity contribution in [3.63, 3.8) is 0 Å². The Hall–Kier alpha value is -2.78. The van der Waals surface area contributed by atoms with Crippen LogP contribution in [0.25, 0.3) is 0 Å². The van der Waals surface area contributed by atoms with Crippen LogP contribution >= 0.6 is 0 Å². The smallest absolute Gasteiger partial charge is 0.270 e. The van der Waals surface area contributed by atoms with Crippen LogP contribution in [0.4, 0.5) is 5.69 Å². The summed E-state index contributed by atoms with van der Waals surface area (Å²) in [4.78, 5) is 23.4. The number of rotatable bonds is 8. The molecule has 0 aromatic heterocycles. The highest BCUT2D eigenvalue weighted by Crippen LogP contribution is 2.29. The van der Waals surface area contributed by atoms with Crippen molar-refractivity contribution in [1.29, 1.82) is 0 Å². The van der Waals surface area contributed by atoms with Crippen LogP contribution in [0, 0.1) is 28.9 Å². The molecule has 0 bridgehead atoms. The Bertz CT molecular complexity index is 1090. The predicted molar refractivity (Wildman–Crippen MR) is 126 cm³/mol. The van der Waals surface area contributed by atoms with Crippen molar-refractivity contribution in [1.82, 2.24) is 9.62 Å². The zero-order valence-corrected chi connectivity index (χ0v) is 20.0. The van der Waals surface area contributed by atoms with E-state index in [0.29, 0.717) is 24.3 Å². The first-order valence-electron chi connectivity index (χ1n) is 11.2. The number of aryl methyl sites for hydroxylation is 1. The second-order valence-electron chi connectivity index (χ2n) is 8.99. The Kier molecular flexibility index (Phi) is 7.86. The molecule has 1 atom stereocenters. The number of carbonyl (C=O) groups excluding carboxylic acids is 1. The number of nitro benzene ring substituents is 1. The summed E-state index contributed by atoms with van der Waals surface area (Å²) in [6, 6.07) is 13.6. The Labute approximate surface area is 195 Å². The SMILES string of the molecule is Cc1ccc([N+](=O)[O-])cc1S(=O)(=O)N1CCC(C(=O)NC(CC(C)C)c2ccccc2)CC1. The zero-order valence-electron chi connectivity index (χ0n) is 19.2. The summed E-state index contributed by atoms with van der Waals surface area (Å²) in [6.07, 6.45) is 1.62. The Morgan fingerprint density at radius 3 is 2.36 bits per heavy atom. The molecule has 0 radical (unpaired) electrons. The summed E-state index contributed by atoms with van der Waals surface area (Å²) in [6.45, 7) is 6.24. The molecule has 1 aliphatic heterocycles. The first-order chi connectivity index (χ1) is 15.6. The molecule has 3 rings (SSSR count). The molecule has 1 unspecified atom stereocenters. The van der Waals surface area contributed by atoms with Crippen LogP contribution in [0.3, 0.4) is 0 Å². The van der Waals surface area contributed by atoms with E-state index in [2.05, 4.69) is 19.2 Å². The highest BCUT2D eigenvalue weighted by Gasteiger charge is 2.34. The van der Waals surface area contributed by atoms with Gasteiger partial charge in [-0.1, -0.05) is 50.2 Å². The van der Waals surface area contributed by atoms with Gasteiger partial charge in [0, 0.05) is 31.1 Å². The van der Waals surface area contributed by atoms with Crippen LogP contribution in [0.5, 0.6) is 0 Å². The average molecular weight is 474 g/mol. The van der Waals surface area contributed by atoms with Gasteiger partial charge in [-0.3, -0.25) is 14.9 Å². The van der Waals surface area contributed by atoms with Crippen LogP contribution < -0.4 is 5.32 Å². The standard InChI is InChI=1S/C24H31N3O5S/c1-17(2)15-22(19-7-5-4-6-8-19)25-24(28)20-11-13-26(14-12-20)33(31,32)23-16-21(27(29)30)10-9-18(23)3/h4-10,16-17,20,22H,11-15H2,1-3H3,(H,25,28). The van der Waals surface area contributed by atoms with Gasteiger partial charge in [0.05, 0.1) is 15.9 Å². The first kappa shape index (κ1) is 24.9. The molecule has 1 saturated heterocycles. The minimum atomic E-state index is -3.88. The third kappa shape index (κ3) is 5.97. The van der Waals surface area contributed by atoms with E-state index in [1.165, 1.54) is 16.4 Å². The van der Waals surface area contributed by atoms with Crippen molar-refractivity contribution >= 4 is 21.6 Å². The molecule has 0 aliphatic carbocycles. The number of carbonyl (C=O) groups is 1. The number of sulfonamides is 1. The number of amides is 1. The lowest BCUT2D eigenvalue weighted by Gasteiger charge is -2.32. The Balaban J connectivity index is 1.68. The van der Waals surface area contributed by atoms with Gasteiger partial charge < -0.3 is 5.32 Å². The monoisotopic (exact) mass is 473 g/mol. The molecular weight excluding hydrogens is 442 g/mol. The minimum absolute atomic E-state index is 0.0549. The predicted octanol–water partition coefficient (Wildman–Crippen LogP) is 4.21. The fraction of sp³-hybridized carbons (Fsp3) is 0.458. The Morgan fingerprint density at radius 1 is 1.15 bits per heavy atom. The topological polar surface area (TPSA) is 110 Å². The zero-order chi connectivity index (χ0) is 24.2. The van der Waals surface area contributed by atoms with Gasteiger partial charge in [-0.05, 0) is 43.2 Å². The number of nitrogens with one attached hydrogen (secondary N) is 1. The van der Waals surface area contributed by atoms with Gasteiger partial charge in [0.15, 0.2) is 0 Å². The molecule has 0 saturated carbocycles. The molecule has 2 aromatic carbocycles. The summed E-state index contributed by atoms with van der Waals surface area (Å²) in [5.74, 6) is 0.0646. The van der Waals surface area contributed by atoms with Crippen LogP contribution in [0.1, 0.15) is 50.3 Å². The molecule has 1 heterocycles. The molecule has 1 amide bonds. The molecule has 178 valence electrons. The van der Waals surface area contributed by atoms with Crippen molar-refractivity contribution in [2.75, 3.05) is 13.1 Å². The second-order valence-corrected chi connectivity index (χ2v) is 10.9. The van der Waals surface area contributed by atoms with Crippen LogP contribution in [0.2, 0.25) is 0 Å². The molecular formula is C24H31N3O5S. The van der Waals surface area contributed by atoms with Crippen molar-refractivity contribution in [3.05, 3.63) is 69.8 Å². The number of non-ortho nitro benzene ring substituents is 1. The van der Waals surface area contributed by atoms with Gasteiger partial charge in [0.2, 0.25) is 15.9 Å². The highest BCUT2D eigenvalue weighted by molar-refractivity contribution is 7.89. The van der Waals surface area contributed by atoms with E-state index in [0.717, 1.165) is 18.1 Å². The first-order valence-corrected chi connectivity index (χ1v) is 12.6. The second kappa shape index (κ2) is 10.4. The summed E-state index contributed by atoms with van der Waals surface area (Å²) in [5, 5.41) is 14.3.